The molecule has 2 heterocycles. The van der Waals surface area contributed by atoms with Crippen LogP contribution in [0.25, 0.3) is 229 Å². The number of hydrogen-bond acceptors (Lipinski definition) is 2. The van der Waals surface area contributed by atoms with Crippen molar-refractivity contribution < 1.29 is 0 Å². The van der Waals surface area contributed by atoms with Crippen molar-refractivity contribution >= 4 is 84.6 Å². The summed E-state index contributed by atoms with van der Waals surface area (Å²) in [6.07, 6.45) is 17.3. The van der Waals surface area contributed by atoms with Gasteiger partial charge in [-0.3, -0.25) is 0 Å². The first-order chi connectivity index (χ1) is 71.8. The van der Waals surface area contributed by atoms with Crippen LogP contribution in [0.4, 0.5) is 0 Å². The summed E-state index contributed by atoms with van der Waals surface area (Å²) in [5, 5.41) is 10.5. The number of benzene rings is 20. The lowest BCUT2D eigenvalue weighted by Crippen LogP contribution is -2.26. The lowest BCUT2D eigenvalue weighted by atomic mass is 9.69. The molecule has 0 saturated carbocycles. The van der Waals surface area contributed by atoms with Crippen LogP contribution < -0.4 is 0 Å². The monoisotopic (exact) mass is 1930 g/mol. The predicted octanol–water partition coefficient (Wildman–Crippen LogP) is 42.4. The van der Waals surface area contributed by atoms with E-state index in [2.05, 4.69) is 457 Å². The number of thiophene rings is 2. The minimum absolute atomic E-state index is 0.0689. The first kappa shape index (κ1) is 91.1. The van der Waals surface area contributed by atoms with Gasteiger partial charge in [0.2, 0.25) is 0 Å². The summed E-state index contributed by atoms with van der Waals surface area (Å²) >= 11 is 3.84. The van der Waals surface area contributed by atoms with Gasteiger partial charge in [-0.05, 0) is 342 Å². The highest BCUT2D eigenvalue weighted by atomic mass is 32.1. The molecule has 0 N–H and O–H groups in total. The highest BCUT2D eigenvalue weighted by Crippen LogP contribution is 2.66. The van der Waals surface area contributed by atoms with Gasteiger partial charge in [0.1, 0.15) is 0 Å². The van der Waals surface area contributed by atoms with E-state index in [0.717, 1.165) is 12.8 Å². The molecule has 20 aromatic carbocycles. The molecular weight excluding hydrogens is 1810 g/mol. The van der Waals surface area contributed by atoms with Gasteiger partial charge in [0.15, 0.2) is 0 Å². The molecule has 0 aliphatic heterocycles. The van der Waals surface area contributed by atoms with Crippen LogP contribution in [-0.4, -0.2) is 0 Å². The van der Waals surface area contributed by atoms with Gasteiger partial charge < -0.3 is 0 Å². The van der Waals surface area contributed by atoms with Crippen LogP contribution in [-0.2, 0) is 27.1 Å². The zero-order valence-corrected chi connectivity index (χ0v) is 87.8. The molecule has 5 aliphatic carbocycles. The molecular formula is C145H122S2. The first-order valence-electron chi connectivity index (χ1n) is 54.3. The highest BCUT2D eigenvalue weighted by Gasteiger charge is 2.50. The normalized spacial score (nSPS) is 14.6. The van der Waals surface area contributed by atoms with Gasteiger partial charge in [0.05, 0.1) is 0 Å². The van der Waals surface area contributed by atoms with Crippen LogP contribution in [0.3, 0.4) is 0 Å². The van der Waals surface area contributed by atoms with Crippen LogP contribution in [0.2, 0.25) is 0 Å². The predicted molar refractivity (Wildman–Crippen MR) is 634 cm³/mol. The van der Waals surface area contributed by atoms with E-state index in [0.29, 0.717) is 0 Å². The van der Waals surface area contributed by atoms with Crippen molar-refractivity contribution in [3.63, 3.8) is 0 Å². The smallest absolute Gasteiger partial charge is 0.0361 e. The molecule has 2 aromatic heterocycles. The molecule has 0 saturated heterocycles. The SMILES string of the molecule is CCCCCCCCC1(CCCCCCCC)c2cc3c(cc2-c2cc4c(cc21)-c1c(cc(-c2ccc(-c5ccccc5)cc2-c2ccccc2-c2ccc5c(c2)sc2cc(-c6ccc7c(c6)C(C)(C)c6ccccc6-7)ccc25)c2ccccc12)C4(C)C)C(C)(C)c1cc(-c2ccc(-c4ccccc4)cc2-c2ccccc2-c2ccc4c(c2)sc2cc(-c5ccc6c(c5)C(C)(C)c5ccccc5-6)ccc24)c2ccccc2c1-3. The zero-order valence-electron chi connectivity index (χ0n) is 86.2. The van der Waals surface area contributed by atoms with Gasteiger partial charge in [0.25, 0.3) is 0 Å². The van der Waals surface area contributed by atoms with E-state index < -0.39 is 0 Å². The topological polar surface area (TPSA) is 0 Å². The van der Waals surface area contributed by atoms with Crippen molar-refractivity contribution in [3.05, 3.63) is 444 Å². The number of rotatable bonds is 24. The van der Waals surface area contributed by atoms with Gasteiger partial charge in [0, 0.05) is 67.4 Å². The molecule has 0 amide bonds. The average molecular weight is 1930 g/mol. The van der Waals surface area contributed by atoms with E-state index >= 15 is 0 Å². The fourth-order valence-electron chi connectivity index (χ4n) is 27.7. The molecule has 0 unspecified atom stereocenters. The molecule has 0 fully saturated rings. The summed E-state index contributed by atoms with van der Waals surface area (Å²) < 4.78 is 5.22. The van der Waals surface area contributed by atoms with Crippen molar-refractivity contribution in [3.8, 4) is 167 Å². The quantitative estimate of drug-likeness (QED) is 0.0529. The molecule has 5 aliphatic rings. The second kappa shape index (κ2) is 35.3. The van der Waals surface area contributed by atoms with Crippen molar-refractivity contribution in [2.75, 3.05) is 0 Å². The average Bonchev–Trinajstić information content (AvgIpc) is 1.51. The Morgan fingerprint density at radius 3 is 0.830 bits per heavy atom. The number of hydrogen-bond donors (Lipinski definition) is 0. The van der Waals surface area contributed by atoms with Gasteiger partial charge in [-0.1, -0.05) is 450 Å². The second-order valence-electron chi connectivity index (χ2n) is 45.3. The summed E-state index contributed by atoms with van der Waals surface area (Å²) in [6, 6.07) is 152. The Hall–Kier alpha value is -14.6. The summed E-state index contributed by atoms with van der Waals surface area (Å²) in [6.45, 7) is 24.5. The lowest BCUT2D eigenvalue weighted by Gasteiger charge is -2.34. The van der Waals surface area contributed by atoms with E-state index in [4.69, 9.17) is 0 Å². The number of fused-ring (bicyclic) bond motifs is 25. The van der Waals surface area contributed by atoms with Crippen LogP contribution in [0.5, 0.6) is 0 Å². The Labute approximate surface area is 874 Å². The van der Waals surface area contributed by atoms with Gasteiger partial charge in [-0.25, -0.2) is 0 Å². The Morgan fingerprint density at radius 1 is 0.156 bits per heavy atom. The number of unbranched alkanes of at least 4 members (excludes halogenated alkanes) is 10. The largest absolute Gasteiger partial charge is 0.135 e. The highest BCUT2D eigenvalue weighted by molar-refractivity contribution is 7.26. The molecule has 0 radical (unpaired) electrons. The minimum atomic E-state index is -0.371. The molecule has 0 bridgehead atoms. The third kappa shape index (κ3) is 14.5. The molecule has 2 heteroatoms. The summed E-state index contributed by atoms with van der Waals surface area (Å²) in [4.78, 5) is 0. The fourth-order valence-corrected chi connectivity index (χ4v) is 30.1. The zero-order chi connectivity index (χ0) is 99.1. The molecule has 0 nitrogen and oxygen atoms in total. The molecule has 147 heavy (non-hydrogen) atoms. The third-order valence-electron chi connectivity index (χ3n) is 35.5. The minimum Gasteiger partial charge on any atom is -0.135 e. The van der Waals surface area contributed by atoms with Gasteiger partial charge in [-0.2, -0.15) is 0 Å². The van der Waals surface area contributed by atoms with Gasteiger partial charge >= 0.3 is 0 Å². The van der Waals surface area contributed by atoms with Crippen molar-refractivity contribution in [1.29, 1.82) is 0 Å². The Bertz CT molecular complexity index is 8650. The Morgan fingerprint density at radius 2 is 0.429 bits per heavy atom. The molecule has 714 valence electrons. The van der Waals surface area contributed by atoms with E-state index in [1.165, 1.54) is 350 Å². The Balaban J connectivity index is 0.579. The van der Waals surface area contributed by atoms with E-state index in [1.807, 2.05) is 22.7 Å². The molecule has 22 aromatic rings. The summed E-state index contributed by atoms with van der Waals surface area (Å²) in [7, 11) is 0. The van der Waals surface area contributed by atoms with Crippen LogP contribution in [0.15, 0.2) is 388 Å². The van der Waals surface area contributed by atoms with Crippen molar-refractivity contribution in [2.45, 2.75) is 186 Å². The van der Waals surface area contributed by atoms with Crippen molar-refractivity contribution in [1.82, 2.24) is 0 Å². The molecule has 0 spiro atoms. The second-order valence-corrected chi connectivity index (χ2v) is 47.5. The lowest BCUT2D eigenvalue weighted by molar-refractivity contribution is 0.398. The van der Waals surface area contributed by atoms with Crippen molar-refractivity contribution in [2.24, 2.45) is 0 Å². The first-order valence-corrected chi connectivity index (χ1v) is 56.0. The molecule has 27 rings (SSSR count). The maximum Gasteiger partial charge on any atom is 0.0361 e. The maximum absolute atomic E-state index is 2.83. The maximum atomic E-state index is 2.83. The standard InChI is InChI=1S/C145H122S2/c1-11-13-15-17-19-39-73-145(74-40-20-18-16-14-12-2)131-87-123-129(143(7,8)133-83-119(103-49-31-33-53-115(103)139(123)133)105-65-57-91(89-41-23-21-24-42-89)75-117(105)101-47-29-27-45-99(101)97-63-71-113-111-69-61-95(79-135(111)146-137(113)81-97)93-59-67-109-107-51-35-37-55-125(107)141(3,4)127(109)77-93)85-121(131)122-86-130-124(88-132(122)145)140-116-54-34-32-50-104(116)120(84-134(140)144(130,9)10)106-66-58-92(90-43-25-22-26-44-90)76-118(106)102-48-30-28-46-100(102)98-64-72-114-112-70-62-96(80-136(112)147-138(114)82-98)94-60-68-110-108-52-36-38-56-126(108)142(5,6)128(110)78-94/h21-38,41-72,75-88H,11-20,39-40,73-74H2,1-10H3. The summed E-state index contributed by atoms with van der Waals surface area (Å²) in [5.41, 5.74) is 52.1. The van der Waals surface area contributed by atoms with E-state index in [1.54, 1.807) is 11.1 Å². The van der Waals surface area contributed by atoms with Crippen LogP contribution >= 0.6 is 22.7 Å². The summed E-state index contributed by atoms with van der Waals surface area (Å²) in [5.74, 6) is 0. The fraction of sp³-hybridized carbons (Fsp3) is 0.200. The van der Waals surface area contributed by atoms with E-state index in [9.17, 15) is 0 Å². The molecule has 0 atom stereocenters. The van der Waals surface area contributed by atoms with Crippen LogP contribution in [0.1, 0.15) is 215 Å². The van der Waals surface area contributed by atoms with Crippen LogP contribution in [0, 0.1) is 0 Å². The Kier molecular flexibility index (Phi) is 21.9. The van der Waals surface area contributed by atoms with Gasteiger partial charge in [-0.15, -0.1) is 22.7 Å². The van der Waals surface area contributed by atoms with E-state index in [-0.39, 0.29) is 27.1 Å². The third-order valence-corrected chi connectivity index (χ3v) is 37.8.